The number of ether oxygens (including phenoxy) is 1. The van der Waals surface area contributed by atoms with E-state index in [4.69, 9.17) is 4.74 Å². The lowest BCUT2D eigenvalue weighted by Gasteiger charge is -2.01. The molecule has 0 aliphatic rings. The minimum absolute atomic E-state index is 0.0343. The molecule has 0 heterocycles. The molecule has 12 heavy (non-hydrogen) atoms. The standard InChI is InChI=1S/C10H20O2/c1-3-5-6-7-8-10(11)12-9-4-2/h3-9H2,1-2H3. The van der Waals surface area contributed by atoms with Gasteiger partial charge in [-0.1, -0.05) is 33.1 Å². The molecule has 0 bridgehead atoms. The van der Waals surface area contributed by atoms with Gasteiger partial charge in [-0.25, -0.2) is 0 Å². The monoisotopic (exact) mass is 172 g/mol. The molecule has 0 N–H and O–H groups in total. The van der Waals surface area contributed by atoms with Crippen molar-refractivity contribution in [1.29, 1.82) is 0 Å². The predicted molar refractivity (Wildman–Crippen MR) is 50.0 cm³/mol. The summed E-state index contributed by atoms with van der Waals surface area (Å²) in [6.45, 7) is 4.74. The molecule has 0 unspecified atom stereocenters. The van der Waals surface area contributed by atoms with Crippen molar-refractivity contribution in [3.8, 4) is 0 Å². The number of hydrogen-bond acceptors (Lipinski definition) is 2. The maximum Gasteiger partial charge on any atom is 0.305 e. The van der Waals surface area contributed by atoms with Crippen LogP contribution in [0.4, 0.5) is 0 Å². The summed E-state index contributed by atoms with van der Waals surface area (Å²) in [5, 5.41) is 0. The maximum atomic E-state index is 10.9. The third-order valence-corrected chi connectivity index (χ3v) is 1.70. The van der Waals surface area contributed by atoms with Crippen LogP contribution in [-0.4, -0.2) is 12.6 Å². The zero-order chi connectivity index (χ0) is 9.23. The topological polar surface area (TPSA) is 26.3 Å². The van der Waals surface area contributed by atoms with Gasteiger partial charge in [0, 0.05) is 6.42 Å². The Bertz CT molecular complexity index is 110. The molecule has 0 saturated carbocycles. The average molecular weight is 172 g/mol. The van der Waals surface area contributed by atoms with Crippen LogP contribution >= 0.6 is 0 Å². The Morgan fingerprint density at radius 1 is 1.08 bits per heavy atom. The summed E-state index contributed by atoms with van der Waals surface area (Å²) >= 11 is 0. The highest BCUT2D eigenvalue weighted by atomic mass is 16.5. The highest BCUT2D eigenvalue weighted by Gasteiger charge is 2.00. The van der Waals surface area contributed by atoms with Crippen LogP contribution in [0.5, 0.6) is 0 Å². The first-order valence-electron chi connectivity index (χ1n) is 4.96. The van der Waals surface area contributed by atoms with E-state index in [1.165, 1.54) is 12.8 Å². The van der Waals surface area contributed by atoms with Gasteiger partial charge in [0.1, 0.15) is 0 Å². The molecule has 0 radical (unpaired) electrons. The van der Waals surface area contributed by atoms with Gasteiger partial charge in [-0.3, -0.25) is 4.79 Å². The summed E-state index contributed by atoms with van der Waals surface area (Å²) in [5.41, 5.74) is 0. The molecular formula is C10H20O2. The zero-order valence-electron chi connectivity index (χ0n) is 8.27. The van der Waals surface area contributed by atoms with Crippen molar-refractivity contribution in [3.05, 3.63) is 0 Å². The largest absolute Gasteiger partial charge is 0.466 e. The van der Waals surface area contributed by atoms with Gasteiger partial charge in [0.05, 0.1) is 6.61 Å². The van der Waals surface area contributed by atoms with Gasteiger partial charge in [0.2, 0.25) is 0 Å². The van der Waals surface area contributed by atoms with Gasteiger partial charge in [-0.15, -0.1) is 0 Å². The minimum atomic E-state index is -0.0343. The summed E-state index contributed by atoms with van der Waals surface area (Å²) in [6.07, 6.45) is 6.08. The van der Waals surface area contributed by atoms with Gasteiger partial charge in [-0.2, -0.15) is 0 Å². The van der Waals surface area contributed by atoms with Gasteiger partial charge in [0.25, 0.3) is 0 Å². The van der Waals surface area contributed by atoms with Crippen molar-refractivity contribution in [1.82, 2.24) is 0 Å². The van der Waals surface area contributed by atoms with E-state index < -0.39 is 0 Å². The smallest absolute Gasteiger partial charge is 0.305 e. The van der Waals surface area contributed by atoms with Crippen molar-refractivity contribution in [2.75, 3.05) is 6.61 Å². The Labute approximate surface area is 75.3 Å². The zero-order valence-corrected chi connectivity index (χ0v) is 8.27. The fraction of sp³-hybridized carbons (Fsp3) is 0.900. The highest BCUT2D eigenvalue weighted by Crippen LogP contribution is 2.03. The van der Waals surface area contributed by atoms with Crippen molar-refractivity contribution >= 4 is 5.97 Å². The van der Waals surface area contributed by atoms with Crippen LogP contribution < -0.4 is 0 Å². The molecule has 0 aliphatic carbocycles. The summed E-state index contributed by atoms with van der Waals surface area (Å²) < 4.78 is 4.93. The normalized spacial score (nSPS) is 9.83. The molecule has 0 atom stereocenters. The van der Waals surface area contributed by atoms with E-state index in [9.17, 15) is 4.79 Å². The molecule has 0 saturated heterocycles. The van der Waals surface area contributed by atoms with E-state index in [1.54, 1.807) is 0 Å². The van der Waals surface area contributed by atoms with Gasteiger partial charge >= 0.3 is 5.97 Å². The van der Waals surface area contributed by atoms with Crippen LogP contribution in [0.1, 0.15) is 52.4 Å². The average Bonchev–Trinajstić information content (AvgIpc) is 2.09. The molecule has 2 heteroatoms. The summed E-state index contributed by atoms with van der Waals surface area (Å²) in [6, 6.07) is 0. The number of rotatable bonds is 7. The first-order valence-corrected chi connectivity index (χ1v) is 4.96. The maximum absolute atomic E-state index is 10.9. The van der Waals surface area contributed by atoms with Crippen LogP contribution in [-0.2, 0) is 9.53 Å². The van der Waals surface area contributed by atoms with Crippen LogP contribution in [0.3, 0.4) is 0 Å². The molecule has 0 rings (SSSR count). The molecule has 0 aliphatic heterocycles. The van der Waals surface area contributed by atoms with E-state index >= 15 is 0 Å². The lowest BCUT2D eigenvalue weighted by atomic mass is 10.2. The molecule has 2 nitrogen and oxygen atoms in total. The lowest BCUT2D eigenvalue weighted by Crippen LogP contribution is -2.04. The van der Waals surface area contributed by atoms with E-state index in [2.05, 4.69) is 6.92 Å². The van der Waals surface area contributed by atoms with Crippen molar-refractivity contribution < 1.29 is 9.53 Å². The Hall–Kier alpha value is -0.530. The fourth-order valence-electron chi connectivity index (χ4n) is 0.984. The van der Waals surface area contributed by atoms with Gasteiger partial charge < -0.3 is 4.74 Å². The SMILES string of the molecule is CCCCCCC(=O)OCCC. The predicted octanol–water partition coefficient (Wildman–Crippen LogP) is 2.91. The molecule has 0 spiro atoms. The van der Waals surface area contributed by atoms with Gasteiger partial charge in [-0.05, 0) is 12.8 Å². The summed E-state index contributed by atoms with van der Waals surface area (Å²) in [5.74, 6) is -0.0343. The van der Waals surface area contributed by atoms with E-state index in [-0.39, 0.29) is 5.97 Å². The van der Waals surface area contributed by atoms with Crippen LogP contribution in [0.2, 0.25) is 0 Å². The first kappa shape index (κ1) is 11.5. The number of unbranched alkanes of at least 4 members (excludes halogenated alkanes) is 3. The van der Waals surface area contributed by atoms with E-state index in [1.807, 2.05) is 6.92 Å². The number of hydrogen-bond donors (Lipinski definition) is 0. The Morgan fingerprint density at radius 3 is 2.42 bits per heavy atom. The number of carbonyl (C=O) groups excluding carboxylic acids is 1. The third kappa shape index (κ3) is 7.58. The van der Waals surface area contributed by atoms with Crippen molar-refractivity contribution in [3.63, 3.8) is 0 Å². The lowest BCUT2D eigenvalue weighted by molar-refractivity contribution is -0.143. The molecule has 72 valence electrons. The summed E-state index contributed by atoms with van der Waals surface area (Å²) in [4.78, 5) is 10.9. The van der Waals surface area contributed by atoms with Gasteiger partial charge in [0.15, 0.2) is 0 Å². The summed E-state index contributed by atoms with van der Waals surface area (Å²) in [7, 11) is 0. The minimum Gasteiger partial charge on any atom is -0.466 e. The van der Waals surface area contributed by atoms with E-state index in [0.717, 1.165) is 19.3 Å². The quantitative estimate of drug-likeness (QED) is 0.436. The Morgan fingerprint density at radius 2 is 1.83 bits per heavy atom. The van der Waals surface area contributed by atoms with Crippen LogP contribution in [0.15, 0.2) is 0 Å². The van der Waals surface area contributed by atoms with Crippen LogP contribution in [0, 0.1) is 0 Å². The fourth-order valence-corrected chi connectivity index (χ4v) is 0.984. The first-order chi connectivity index (χ1) is 5.81. The Kier molecular flexibility index (Phi) is 8.19. The molecule has 0 aromatic rings. The molecule has 0 fully saturated rings. The van der Waals surface area contributed by atoms with E-state index in [0.29, 0.717) is 13.0 Å². The second kappa shape index (κ2) is 8.57. The highest BCUT2D eigenvalue weighted by molar-refractivity contribution is 5.69. The van der Waals surface area contributed by atoms with Crippen molar-refractivity contribution in [2.24, 2.45) is 0 Å². The number of esters is 1. The molecule has 0 aromatic heterocycles. The molecular weight excluding hydrogens is 152 g/mol. The second-order valence-corrected chi connectivity index (χ2v) is 3.03. The Balaban J connectivity index is 3.08. The third-order valence-electron chi connectivity index (χ3n) is 1.70. The molecule has 0 amide bonds. The molecule has 0 aromatic carbocycles. The second-order valence-electron chi connectivity index (χ2n) is 3.03. The number of carbonyl (C=O) groups is 1. The van der Waals surface area contributed by atoms with Crippen LogP contribution in [0.25, 0.3) is 0 Å². The van der Waals surface area contributed by atoms with Crippen molar-refractivity contribution in [2.45, 2.75) is 52.4 Å².